The minimum Gasteiger partial charge on any atom is -0.488 e. The molecule has 0 radical (unpaired) electrons. The fourth-order valence-electron chi connectivity index (χ4n) is 6.62. The van der Waals surface area contributed by atoms with E-state index in [1.54, 1.807) is 24.3 Å². The second-order valence-corrected chi connectivity index (χ2v) is 12.6. The van der Waals surface area contributed by atoms with Crippen LogP contribution in [-0.2, 0) is 35.3 Å². The van der Waals surface area contributed by atoms with Crippen molar-refractivity contribution in [2.45, 2.75) is 57.2 Å². The summed E-state index contributed by atoms with van der Waals surface area (Å²) < 4.78 is 80.5. The van der Waals surface area contributed by atoms with Crippen molar-refractivity contribution < 1.29 is 41.0 Å². The summed E-state index contributed by atoms with van der Waals surface area (Å²) in [4.78, 5) is 19.4. The first kappa shape index (κ1) is 32.4. The molecule has 2 aliphatic heterocycles. The summed E-state index contributed by atoms with van der Waals surface area (Å²) in [6, 6.07) is 12.8. The van der Waals surface area contributed by atoms with E-state index < -0.39 is 23.7 Å². The van der Waals surface area contributed by atoms with Crippen LogP contribution in [0.2, 0.25) is 5.02 Å². The van der Waals surface area contributed by atoms with Crippen LogP contribution in [0.1, 0.15) is 58.1 Å². The average Bonchev–Trinajstić information content (AvgIpc) is 3.61. The number of alkyl halides is 3. The fourth-order valence-corrected chi connectivity index (χ4v) is 6.82. The first-order valence-electron chi connectivity index (χ1n) is 15.7. The van der Waals surface area contributed by atoms with Gasteiger partial charge in [-0.2, -0.15) is 17.6 Å². The van der Waals surface area contributed by atoms with Gasteiger partial charge in [0.05, 0.1) is 53.5 Å². The summed E-state index contributed by atoms with van der Waals surface area (Å²) in [6.07, 6.45) is -2.45. The number of hydrogen-bond acceptors (Lipinski definition) is 7. The van der Waals surface area contributed by atoms with E-state index in [-0.39, 0.29) is 35.0 Å². The Morgan fingerprint density at radius 3 is 2.58 bits per heavy atom. The number of methoxy groups -OCH3 is 1. The molecular formula is C35H32ClF4N3O5. The van der Waals surface area contributed by atoms with E-state index >= 15 is 0 Å². The lowest BCUT2D eigenvalue weighted by Gasteiger charge is -2.33. The Hall–Kier alpha value is -4.13. The molecule has 252 valence electrons. The van der Waals surface area contributed by atoms with Gasteiger partial charge in [0.15, 0.2) is 0 Å². The molecule has 5 aromatic rings. The monoisotopic (exact) mass is 685 g/mol. The summed E-state index contributed by atoms with van der Waals surface area (Å²) in [7, 11) is 1.34. The Kier molecular flexibility index (Phi) is 8.82. The van der Waals surface area contributed by atoms with Crippen molar-refractivity contribution in [1.29, 1.82) is 0 Å². The number of rotatable bonds is 9. The number of ether oxygens (including phenoxy) is 3. The predicted molar refractivity (Wildman–Crippen MR) is 170 cm³/mol. The zero-order valence-corrected chi connectivity index (χ0v) is 26.7. The van der Waals surface area contributed by atoms with Gasteiger partial charge in [-0.05, 0) is 74.2 Å². The number of imidazole rings is 1. The van der Waals surface area contributed by atoms with Gasteiger partial charge in [0.25, 0.3) is 6.01 Å². The topological polar surface area (TPSA) is 79.0 Å². The van der Waals surface area contributed by atoms with Gasteiger partial charge in [-0.1, -0.05) is 29.8 Å². The second-order valence-electron chi connectivity index (χ2n) is 12.2. The van der Waals surface area contributed by atoms with Crippen molar-refractivity contribution in [3.8, 4) is 5.75 Å². The summed E-state index contributed by atoms with van der Waals surface area (Å²) in [5, 5.41) is 0.590. The van der Waals surface area contributed by atoms with Gasteiger partial charge in [0.1, 0.15) is 23.8 Å². The summed E-state index contributed by atoms with van der Waals surface area (Å²) in [5.74, 6) is -0.0212. The van der Waals surface area contributed by atoms with Crippen molar-refractivity contribution in [3.05, 3.63) is 93.7 Å². The van der Waals surface area contributed by atoms with Crippen molar-refractivity contribution in [2.75, 3.05) is 26.8 Å². The second kappa shape index (κ2) is 13.1. The fraction of sp³-hybridized carbons (Fsp3) is 0.371. The summed E-state index contributed by atoms with van der Waals surface area (Å²) in [6.45, 7) is 2.82. The number of para-hydroxylation sites is 1. The van der Waals surface area contributed by atoms with Gasteiger partial charge in [0, 0.05) is 23.6 Å². The van der Waals surface area contributed by atoms with E-state index in [9.17, 15) is 22.4 Å². The molecule has 0 unspecified atom stereocenters. The number of carbonyl (C=O) groups excluding carboxylic acids is 1. The Balaban J connectivity index is 1.11. The molecule has 2 aliphatic rings. The van der Waals surface area contributed by atoms with Crippen LogP contribution in [0.15, 0.2) is 59.0 Å². The molecule has 2 fully saturated rings. The first-order valence-corrected chi connectivity index (χ1v) is 16.1. The number of hydrogen-bond donors (Lipinski definition) is 0. The van der Waals surface area contributed by atoms with E-state index in [2.05, 4.69) is 9.47 Å². The van der Waals surface area contributed by atoms with E-state index in [1.807, 2.05) is 6.07 Å². The number of likely N-dealkylation sites (tertiary alicyclic amines) is 1. The molecule has 3 aromatic carbocycles. The van der Waals surface area contributed by atoms with Gasteiger partial charge in [-0.25, -0.2) is 9.78 Å². The number of benzene rings is 3. The highest BCUT2D eigenvalue weighted by Crippen LogP contribution is 2.44. The zero-order chi connectivity index (χ0) is 33.6. The Morgan fingerprint density at radius 1 is 1.08 bits per heavy atom. The number of esters is 1. The number of fused-ring (bicyclic) bond motifs is 2. The Labute approximate surface area is 278 Å². The van der Waals surface area contributed by atoms with Crippen LogP contribution in [0, 0.1) is 6.01 Å². The van der Waals surface area contributed by atoms with Crippen LogP contribution in [-0.4, -0.2) is 53.3 Å². The maximum absolute atomic E-state index is 14.3. The largest absolute Gasteiger partial charge is 0.488 e. The molecule has 8 nitrogen and oxygen atoms in total. The molecule has 7 rings (SSSR count). The van der Waals surface area contributed by atoms with E-state index in [1.165, 1.54) is 19.2 Å². The standard InChI is InChI=1S/C35H32ClF4N3O5/c1-45-34(44)21-6-8-28-29(15-21)43(17-23-11-14-46-23)31(41-28)18-42-12-9-20(10-13-42)24-3-2-4-26(35(38,39)40)33(24)47-19-22-5-7-27(36)25-16-30(37)48-32(22)25/h2-8,15-16,20,23H,9-14,17-19H2,1H3/t23-/m0/s1. The van der Waals surface area contributed by atoms with Crippen LogP contribution >= 0.6 is 11.6 Å². The lowest BCUT2D eigenvalue weighted by molar-refractivity contribution is -0.139. The number of halogens is 5. The highest BCUT2D eigenvalue weighted by atomic mass is 35.5. The third kappa shape index (κ3) is 6.36. The third-order valence-electron chi connectivity index (χ3n) is 9.23. The zero-order valence-electron chi connectivity index (χ0n) is 26.0. The first-order chi connectivity index (χ1) is 23.1. The van der Waals surface area contributed by atoms with Crippen LogP contribution in [0.5, 0.6) is 5.75 Å². The minimum absolute atomic E-state index is 0.0591. The molecule has 4 heterocycles. The van der Waals surface area contributed by atoms with Crippen LogP contribution in [0.3, 0.4) is 0 Å². The molecule has 0 spiro atoms. The van der Waals surface area contributed by atoms with Crippen molar-refractivity contribution >= 4 is 39.6 Å². The molecule has 0 amide bonds. The smallest absolute Gasteiger partial charge is 0.419 e. The number of furan rings is 1. The number of aromatic nitrogens is 2. The van der Waals surface area contributed by atoms with Gasteiger partial charge in [-0.15, -0.1) is 0 Å². The van der Waals surface area contributed by atoms with Crippen LogP contribution < -0.4 is 4.74 Å². The predicted octanol–water partition coefficient (Wildman–Crippen LogP) is 8.13. The third-order valence-corrected chi connectivity index (χ3v) is 9.55. The highest BCUT2D eigenvalue weighted by molar-refractivity contribution is 6.35. The Bertz CT molecular complexity index is 1980. The highest BCUT2D eigenvalue weighted by Gasteiger charge is 2.37. The normalized spacial score (nSPS) is 17.6. The summed E-state index contributed by atoms with van der Waals surface area (Å²) >= 11 is 6.17. The minimum atomic E-state index is -4.64. The maximum Gasteiger partial charge on any atom is 0.419 e. The summed E-state index contributed by atoms with van der Waals surface area (Å²) in [5.41, 5.74) is 2.14. The molecule has 0 saturated carbocycles. The molecule has 2 aromatic heterocycles. The van der Waals surface area contributed by atoms with Crippen molar-refractivity contribution in [1.82, 2.24) is 14.5 Å². The molecule has 13 heteroatoms. The van der Waals surface area contributed by atoms with Gasteiger partial charge >= 0.3 is 12.1 Å². The lowest BCUT2D eigenvalue weighted by atomic mass is 9.87. The SMILES string of the molecule is COC(=O)c1ccc2nc(CN3CCC(c4cccc(C(F)(F)F)c4OCc4ccc(Cl)c5cc(F)oc45)CC3)n(C[C@@H]3CCO3)c2c1. The molecule has 1 atom stereocenters. The molecule has 48 heavy (non-hydrogen) atoms. The van der Waals surface area contributed by atoms with Gasteiger partial charge in [0.2, 0.25) is 0 Å². The van der Waals surface area contributed by atoms with Gasteiger partial charge < -0.3 is 23.2 Å². The van der Waals surface area contributed by atoms with Crippen LogP contribution in [0.4, 0.5) is 17.6 Å². The van der Waals surface area contributed by atoms with Crippen molar-refractivity contribution in [3.63, 3.8) is 0 Å². The molecule has 2 saturated heterocycles. The molecule has 0 aliphatic carbocycles. The number of piperidine rings is 1. The average molecular weight is 686 g/mol. The Morgan fingerprint density at radius 2 is 1.88 bits per heavy atom. The number of nitrogens with zero attached hydrogens (tertiary/aromatic N) is 3. The van der Waals surface area contributed by atoms with Gasteiger partial charge in [-0.3, -0.25) is 4.90 Å². The number of carbonyl (C=O) groups is 1. The van der Waals surface area contributed by atoms with Crippen molar-refractivity contribution in [2.24, 2.45) is 0 Å². The maximum atomic E-state index is 14.3. The van der Waals surface area contributed by atoms with E-state index in [4.69, 9.17) is 35.2 Å². The molecule has 0 N–H and O–H groups in total. The lowest BCUT2D eigenvalue weighted by Crippen LogP contribution is -2.35. The quantitative estimate of drug-likeness (QED) is 0.115. The van der Waals surface area contributed by atoms with E-state index in [0.717, 1.165) is 35.4 Å². The molecular weight excluding hydrogens is 654 g/mol. The van der Waals surface area contributed by atoms with E-state index in [0.29, 0.717) is 67.7 Å². The molecule has 0 bridgehead atoms. The van der Waals surface area contributed by atoms with Crippen LogP contribution in [0.25, 0.3) is 22.0 Å².